The third-order valence-electron chi connectivity index (χ3n) is 1.89. The van der Waals surface area contributed by atoms with Crippen molar-refractivity contribution in [1.82, 2.24) is 0 Å². The normalized spacial score (nSPS) is 15.9. The summed E-state index contributed by atoms with van der Waals surface area (Å²) in [6.45, 7) is 6.05. The van der Waals surface area contributed by atoms with E-state index in [0.29, 0.717) is 0 Å². The van der Waals surface area contributed by atoms with Gasteiger partial charge in [-0.3, -0.25) is 9.42 Å². The van der Waals surface area contributed by atoms with E-state index in [1.165, 1.54) is 5.57 Å². The van der Waals surface area contributed by atoms with Crippen molar-refractivity contribution >= 4 is 15.4 Å². The molecular weight excluding hydrogens is 246 g/mol. The third-order valence-corrected chi connectivity index (χ3v) is 3.70. The molecule has 92 valence electrons. The lowest BCUT2D eigenvalue weighted by molar-refractivity contribution is 0.303. The van der Waals surface area contributed by atoms with E-state index in [1.54, 1.807) is 6.08 Å². The lowest BCUT2D eigenvalue weighted by atomic mass is 10.1. The maximum absolute atomic E-state index is 10.9. The predicted octanol–water partition coefficient (Wildman–Crippen LogP) is 3.82. The van der Waals surface area contributed by atoms with E-state index in [0.717, 1.165) is 18.4 Å². The van der Waals surface area contributed by atoms with Crippen LogP contribution in [0.1, 0.15) is 33.6 Å². The Bertz CT molecular complexity index is 330. The molecule has 0 aromatic carbocycles. The van der Waals surface area contributed by atoms with Gasteiger partial charge in [0.05, 0.1) is 6.61 Å². The number of rotatable bonds is 7. The minimum absolute atomic E-state index is 0.0314. The highest BCUT2D eigenvalue weighted by atomic mass is 32.1. The smallest absolute Gasteiger partial charge is 0.287 e. The molecule has 0 aromatic rings. The van der Waals surface area contributed by atoms with Crippen molar-refractivity contribution in [3.8, 4) is 0 Å². The Hall–Kier alpha value is -0.270. The molecule has 0 radical (unpaired) electrons. The first-order chi connectivity index (χ1) is 7.37. The molecule has 0 saturated heterocycles. The van der Waals surface area contributed by atoms with Gasteiger partial charge >= 0.3 is 15.4 Å². The second kappa shape index (κ2) is 7.92. The quantitative estimate of drug-likeness (QED) is 0.561. The van der Waals surface area contributed by atoms with Crippen LogP contribution in [-0.2, 0) is 13.7 Å². The van der Waals surface area contributed by atoms with Gasteiger partial charge in [0.2, 0.25) is 0 Å². The van der Waals surface area contributed by atoms with Crippen LogP contribution in [0.3, 0.4) is 0 Å². The Labute approximate surface area is 98.0 Å². The first kappa shape index (κ1) is 15.7. The Balaban J connectivity index is 3.92. The second-order valence-corrected chi connectivity index (χ2v) is 7.50. The maximum Gasteiger partial charge on any atom is 0.565 e. The van der Waals surface area contributed by atoms with Gasteiger partial charge < -0.3 is 0 Å². The van der Waals surface area contributed by atoms with Crippen molar-refractivity contribution in [3.63, 3.8) is 0 Å². The topological polar surface area (TPSA) is 63.6 Å². The van der Waals surface area contributed by atoms with Crippen LogP contribution in [0.5, 0.6) is 0 Å². The minimum Gasteiger partial charge on any atom is -0.287 e. The molecule has 0 spiro atoms. The van der Waals surface area contributed by atoms with Crippen molar-refractivity contribution in [2.24, 2.45) is 0 Å². The second-order valence-electron chi connectivity index (χ2n) is 3.78. The monoisotopic (exact) mass is 265 g/mol. The SMILES string of the molecule is CC(C)=CCCC(C)=CCOP(=O)(O)[PH+]=O. The lowest BCUT2D eigenvalue weighted by Gasteiger charge is -1.99. The van der Waals surface area contributed by atoms with Crippen LogP contribution in [0.25, 0.3) is 0 Å². The van der Waals surface area contributed by atoms with Gasteiger partial charge in [0, 0.05) is 0 Å². The Morgan fingerprint density at radius 3 is 2.50 bits per heavy atom. The van der Waals surface area contributed by atoms with Crippen LogP contribution in [0.4, 0.5) is 0 Å². The van der Waals surface area contributed by atoms with E-state index in [-0.39, 0.29) is 6.61 Å². The molecular formula is C10H19O4P2+. The van der Waals surface area contributed by atoms with Crippen molar-refractivity contribution in [2.75, 3.05) is 6.61 Å². The van der Waals surface area contributed by atoms with Gasteiger partial charge in [0.1, 0.15) is 0 Å². The number of allylic oxidation sites excluding steroid dienone is 3. The summed E-state index contributed by atoms with van der Waals surface area (Å²) in [6.07, 6.45) is 5.71. The molecule has 0 bridgehead atoms. The van der Waals surface area contributed by atoms with E-state index in [9.17, 15) is 9.13 Å². The average Bonchev–Trinajstić information content (AvgIpc) is 2.17. The molecule has 0 aliphatic heterocycles. The molecule has 0 aliphatic carbocycles. The Morgan fingerprint density at radius 2 is 2.00 bits per heavy atom. The van der Waals surface area contributed by atoms with E-state index < -0.39 is 15.4 Å². The van der Waals surface area contributed by atoms with E-state index in [4.69, 9.17) is 4.89 Å². The fourth-order valence-electron chi connectivity index (χ4n) is 0.997. The molecule has 0 amide bonds. The molecule has 4 nitrogen and oxygen atoms in total. The summed E-state index contributed by atoms with van der Waals surface area (Å²) in [4.78, 5) is 8.88. The van der Waals surface area contributed by atoms with Crippen molar-refractivity contribution in [3.05, 3.63) is 23.3 Å². The summed E-state index contributed by atoms with van der Waals surface area (Å²) >= 11 is 0. The summed E-state index contributed by atoms with van der Waals surface area (Å²) in [7, 11) is -5.17. The molecule has 0 aliphatic rings. The summed E-state index contributed by atoms with van der Waals surface area (Å²) in [6, 6.07) is 0. The molecule has 0 heterocycles. The van der Waals surface area contributed by atoms with Crippen LogP contribution in [0.2, 0.25) is 0 Å². The van der Waals surface area contributed by atoms with Crippen molar-refractivity contribution in [2.45, 2.75) is 33.6 Å². The van der Waals surface area contributed by atoms with Crippen LogP contribution in [0.15, 0.2) is 23.3 Å². The van der Waals surface area contributed by atoms with Gasteiger partial charge in [-0.1, -0.05) is 27.9 Å². The predicted molar refractivity (Wildman–Crippen MR) is 67.2 cm³/mol. The van der Waals surface area contributed by atoms with Gasteiger partial charge in [0.15, 0.2) is 0 Å². The third kappa shape index (κ3) is 8.99. The van der Waals surface area contributed by atoms with E-state index >= 15 is 0 Å². The summed E-state index contributed by atoms with van der Waals surface area (Å²) in [5, 5.41) is 0. The van der Waals surface area contributed by atoms with Gasteiger partial charge in [-0.25, -0.2) is 4.57 Å². The summed E-state index contributed by atoms with van der Waals surface area (Å²) in [5.41, 5.74) is 2.36. The fourth-order valence-corrected chi connectivity index (χ4v) is 1.71. The standard InChI is InChI=1S/C10H18O4P2/c1-9(2)5-4-6-10(3)7-8-14-16(12,13)15-11/h5,7H,4,6,8H2,1-3H3,(H,12,13)/p+1. The fraction of sp³-hybridized carbons (Fsp3) is 0.600. The van der Waals surface area contributed by atoms with Crippen LogP contribution >= 0.6 is 15.4 Å². The molecule has 16 heavy (non-hydrogen) atoms. The zero-order valence-electron chi connectivity index (χ0n) is 9.90. The first-order valence-electron chi connectivity index (χ1n) is 5.03. The highest BCUT2D eigenvalue weighted by Crippen LogP contribution is 2.54. The minimum atomic E-state index is -3.86. The molecule has 0 saturated carbocycles. The molecule has 1 N–H and O–H groups in total. The van der Waals surface area contributed by atoms with Gasteiger partial charge in [-0.15, -0.1) is 0 Å². The Morgan fingerprint density at radius 1 is 1.38 bits per heavy atom. The van der Waals surface area contributed by atoms with E-state index in [1.807, 2.05) is 20.8 Å². The summed E-state index contributed by atoms with van der Waals surface area (Å²) in [5.74, 6) is 0. The van der Waals surface area contributed by atoms with Gasteiger partial charge in [0.25, 0.3) is 0 Å². The summed E-state index contributed by atoms with van der Waals surface area (Å²) < 4.78 is 25.7. The van der Waals surface area contributed by atoms with Crippen molar-refractivity contribution in [1.29, 1.82) is 0 Å². The number of hydrogen-bond donors (Lipinski definition) is 1. The molecule has 0 fully saturated rings. The maximum atomic E-state index is 10.9. The molecule has 0 aromatic heterocycles. The molecule has 2 atom stereocenters. The van der Waals surface area contributed by atoms with Crippen molar-refractivity contribution < 1.29 is 18.5 Å². The largest absolute Gasteiger partial charge is 0.565 e. The average molecular weight is 265 g/mol. The van der Waals surface area contributed by atoms with Crippen LogP contribution in [-0.4, -0.2) is 11.5 Å². The van der Waals surface area contributed by atoms with Gasteiger partial charge in [-0.2, -0.15) is 0 Å². The van der Waals surface area contributed by atoms with Gasteiger partial charge in [-0.05, 0) is 33.6 Å². The van der Waals surface area contributed by atoms with Crippen LogP contribution < -0.4 is 0 Å². The zero-order valence-corrected chi connectivity index (χ0v) is 11.8. The molecule has 2 unspecified atom stereocenters. The number of hydrogen-bond acceptors (Lipinski definition) is 3. The van der Waals surface area contributed by atoms with E-state index in [2.05, 4.69) is 10.6 Å². The highest BCUT2D eigenvalue weighted by Gasteiger charge is 2.28. The molecule has 6 heteroatoms. The lowest BCUT2D eigenvalue weighted by Crippen LogP contribution is -1.87. The van der Waals surface area contributed by atoms with Crippen LogP contribution in [0, 0.1) is 0 Å². The highest BCUT2D eigenvalue weighted by molar-refractivity contribution is 8.14. The Kier molecular flexibility index (Phi) is 7.78. The molecule has 0 rings (SSSR count). The zero-order chi connectivity index (χ0) is 12.6. The first-order valence-corrected chi connectivity index (χ1v) is 8.36.